The SMILES string of the molecule is CCCCN1CCC(Oc2ccc(N(CS(=O)(=O)O)S(C)(=O)=O)c(C)c2)CC1. The quantitative estimate of drug-likeness (QED) is 0.594. The van der Waals surface area contributed by atoms with Gasteiger partial charge in [0, 0.05) is 13.1 Å². The second-order valence-corrected chi connectivity index (χ2v) is 10.6. The lowest BCUT2D eigenvalue weighted by Gasteiger charge is -2.32. The van der Waals surface area contributed by atoms with Gasteiger partial charge >= 0.3 is 0 Å². The van der Waals surface area contributed by atoms with Gasteiger partial charge in [0.15, 0.2) is 5.88 Å². The fraction of sp³-hybridized carbons (Fsp3) is 0.667. The molecule has 28 heavy (non-hydrogen) atoms. The number of anilines is 1. The predicted molar refractivity (Wildman–Crippen MR) is 110 cm³/mol. The van der Waals surface area contributed by atoms with Crippen molar-refractivity contribution in [3.8, 4) is 5.75 Å². The Labute approximate surface area is 168 Å². The van der Waals surface area contributed by atoms with Crippen molar-refractivity contribution in [2.45, 2.75) is 45.6 Å². The molecule has 1 aromatic rings. The number of ether oxygens (including phenoxy) is 1. The molecule has 0 saturated carbocycles. The van der Waals surface area contributed by atoms with Gasteiger partial charge in [0.1, 0.15) is 11.9 Å². The van der Waals surface area contributed by atoms with Gasteiger partial charge in [0.05, 0.1) is 11.9 Å². The maximum atomic E-state index is 12.0. The van der Waals surface area contributed by atoms with Crippen molar-refractivity contribution >= 4 is 25.8 Å². The highest BCUT2D eigenvalue weighted by molar-refractivity contribution is 7.94. The molecule has 0 spiro atoms. The van der Waals surface area contributed by atoms with E-state index in [1.807, 2.05) is 0 Å². The van der Waals surface area contributed by atoms with Crippen molar-refractivity contribution in [3.05, 3.63) is 23.8 Å². The average molecular weight is 435 g/mol. The molecular formula is C18H30N2O6S2. The van der Waals surface area contributed by atoms with Gasteiger partial charge in [-0.05, 0) is 56.5 Å². The third kappa shape index (κ3) is 6.91. The molecule has 1 N–H and O–H groups in total. The second kappa shape index (κ2) is 9.43. The summed E-state index contributed by atoms with van der Waals surface area (Å²) in [5.41, 5.74) is 0.744. The van der Waals surface area contributed by atoms with Crippen LogP contribution < -0.4 is 9.04 Å². The van der Waals surface area contributed by atoms with Gasteiger partial charge in [-0.15, -0.1) is 0 Å². The van der Waals surface area contributed by atoms with E-state index in [2.05, 4.69) is 11.8 Å². The highest BCUT2D eigenvalue weighted by atomic mass is 32.2. The summed E-state index contributed by atoms with van der Waals surface area (Å²) in [6.45, 7) is 6.97. The number of aryl methyl sites for hydroxylation is 1. The van der Waals surface area contributed by atoms with E-state index in [0.29, 0.717) is 15.6 Å². The molecule has 0 unspecified atom stereocenters. The van der Waals surface area contributed by atoms with Gasteiger partial charge in [-0.25, -0.2) is 8.42 Å². The molecule has 1 heterocycles. The van der Waals surface area contributed by atoms with Crippen LogP contribution in [0.1, 0.15) is 38.2 Å². The number of hydrogen-bond acceptors (Lipinski definition) is 6. The van der Waals surface area contributed by atoms with Crippen molar-refractivity contribution in [2.24, 2.45) is 0 Å². The standard InChI is InChI=1S/C18H30N2O6S2/c1-4-5-10-19-11-8-16(9-12-19)26-17-6-7-18(15(2)13-17)20(27(3,21)22)14-28(23,24)25/h6-7,13,16H,4-5,8-12,14H2,1-3H3,(H,23,24,25). The van der Waals surface area contributed by atoms with Crippen LogP contribution in [-0.4, -0.2) is 64.2 Å². The first-order valence-electron chi connectivity index (χ1n) is 9.42. The monoisotopic (exact) mass is 434 g/mol. The normalized spacial score (nSPS) is 16.9. The number of sulfonamides is 1. The van der Waals surface area contributed by atoms with Crippen molar-refractivity contribution in [1.29, 1.82) is 0 Å². The zero-order valence-corrected chi connectivity index (χ0v) is 18.3. The maximum Gasteiger partial charge on any atom is 0.284 e. The Hall–Kier alpha value is -1.36. The molecule has 0 amide bonds. The molecule has 0 radical (unpaired) electrons. The van der Waals surface area contributed by atoms with Crippen LogP contribution in [0.4, 0.5) is 5.69 Å². The van der Waals surface area contributed by atoms with E-state index in [4.69, 9.17) is 9.29 Å². The van der Waals surface area contributed by atoms with Crippen molar-refractivity contribution in [2.75, 3.05) is 36.1 Å². The van der Waals surface area contributed by atoms with Crippen LogP contribution in [0.2, 0.25) is 0 Å². The van der Waals surface area contributed by atoms with Gasteiger partial charge in [-0.2, -0.15) is 8.42 Å². The molecule has 1 aliphatic heterocycles. The van der Waals surface area contributed by atoms with Gasteiger partial charge < -0.3 is 9.64 Å². The molecule has 8 nitrogen and oxygen atoms in total. The third-order valence-corrected chi connectivity index (χ3v) is 6.66. The molecule has 0 aliphatic carbocycles. The Bertz CT molecular complexity index is 862. The van der Waals surface area contributed by atoms with Crippen molar-refractivity contribution in [3.63, 3.8) is 0 Å². The summed E-state index contributed by atoms with van der Waals surface area (Å²) < 4.78 is 62.2. The fourth-order valence-corrected chi connectivity index (χ4v) is 5.46. The maximum absolute atomic E-state index is 12.0. The molecule has 1 aromatic carbocycles. The van der Waals surface area contributed by atoms with Crippen molar-refractivity contribution < 1.29 is 26.1 Å². The number of benzene rings is 1. The molecule has 10 heteroatoms. The molecule has 160 valence electrons. The molecule has 2 rings (SSSR count). The Morgan fingerprint density at radius 3 is 2.36 bits per heavy atom. The first-order valence-corrected chi connectivity index (χ1v) is 12.9. The smallest absolute Gasteiger partial charge is 0.284 e. The van der Waals surface area contributed by atoms with Crippen LogP contribution in [0.15, 0.2) is 18.2 Å². The first kappa shape index (κ1) is 22.9. The minimum Gasteiger partial charge on any atom is -0.490 e. The van der Waals surface area contributed by atoms with Crippen LogP contribution in [0, 0.1) is 6.92 Å². The molecule has 1 aliphatic rings. The van der Waals surface area contributed by atoms with E-state index < -0.39 is 26.0 Å². The largest absolute Gasteiger partial charge is 0.490 e. The minimum atomic E-state index is -4.51. The molecule has 0 bridgehead atoms. The Morgan fingerprint density at radius 1 is 1.21 bits per heavy atom. The topological polar surface area (TPSA) is 104 Å². The Kier molecular flexibility index (Phi) is 7.72. The van der Waals surface area contributed by atoms with E-state index >= 15 is 0 Å². The summed E-state index contributed by atoms with van der Waals surface area (Å²) in [6.07, 6.45) is 5.25. The number of hydrogen-bond donors (Lipinski definition) is 1. The summed E-state index contributed by atoms with van der Waals surface area (Å²) in [4.78, 5) is 2.44. The van der Waals surface area contributed by atoms with Crippen LogP contribution in [0.5, 0.6) is 5.75 Å². The lowest BCUT2D eigenvalue weighted by Crippen LogP contribution is -2.38. The Balaban J connectivity index is 2.07. The average Bonchev–Trinajstić information content (AvgIpc) is 2.58. The zero-order valence-electron chi connectivity index (χ0n) is 16.7. The zero-order chi connectivity index (χ0) is 20.9. The predicted octanol–water partition coefficient (Wildman–Crippen LogP) is 2.25. The summed E-state index contributed by atoms with van der Waals surface area (Å²) in [5.74, 6) is -0.406. The number of nitrogens with zero attached hydrogens (tertiary/aromatic N) is 2. The Morgan fingerprint density at radius 2 is 1.86 bits per heavy atom. The van der Waals surface area contributed by atoms with Crippen LogP contribution in [0.25, 0.3) is 0 Å². The molecule has 1 fully saturated rings. The molecule has 1 saturated heterocycles. The minimum absolute atomic E-state index is 0.104. The number of unbranched alkanes of at least 4 members (excludes halogenated alkanes) is 1. The summed E-state index contributed by atoms with van der Waals surface area (Å²) in [6, 6.07) is 4.84. The van der Waals surface area contributed by atoms with Crippen LogP contribution in [0.3, 0.4) is 0 Å². The van der Waals surface area contributed by atoms with E-state index in [9.17, 15) is 16.8 Å². The summed E-state index contributed by atoms with van der Waals surface area (Å²) >= 11 is 0. The van der Waals surface area contributed by atoms with Gasteiger partial charge in [-0.3, -0.25) is 8.86 Å². The van der Waals surface area contributed by atoms with Crippen LogP contribution >= 0.6 is 0 Å². The first-order chi connectivity index (χ1) is 13.0. The van der Waals surface area contributed by atoms with Gasteiger partial charge in [-0.1, -0.05) is 13.3 Å². The third-order valence-electron chi connectivity index (χ3n) is 4.78. The fourth-order valence-electron chi connectivity index (χ4n) is 3.30. The second-order valence-electron chi connectivity index (χ2n) is 7.28. The van der Waals surface area contributed by atoms with Gasteiger partial charge in [0.25, 0.3) is 10.1 Å². The van der Waals surface area contributed by atoms with Crippen LogP contribution in [-0.2, 0) is 20.1 Å². The van der Waals surface area contributed by atoms with Gasteiger partial charge in [0.2, 0.25) is 10.0 Å². The molecule has 0 aromatic heterocycles. The van der Waals surface area contributed by atoms with E-state index in [1.54, 1.807) is 19.1 Å². The highest BCUT2D eigenvalue weighted by Gasteiger charge is 2.25. The number of rotatable bonds is 9. The summed E-state index contributed by atoms with van der Waals surface area (Å²) in [5, 5.41) is 0. The lowest BCUT2D eigenvalue weighted by molar-refractivity contribution is 0.0998. The number of piperidine rings is 1. The highest BCUT2D eigenvalue weighted by Crippen LogP contribution is 2.28. The summed E-state index contributed by atoms with van der Waals surface area (Å²) in [7, 11) is -8.39. The van der Waals surface area contributed by atoms with E-state index in [-0.39, 0.29) is 11.8 Å². The molecule has 0 atom stereocenters. The van der Waals surface area contributed by atoms with E-state index in [0.717, 1.165) is 38.7 Å². The lowest BCUT2D eigenvalue weighted by atomic mass is 10.1. The van der Waals surface area contributed by atoms with Crippen molar-refractivity contribution in [1.82, 2.24) is 4.90 Å². The van der Waals surface area contributed by atoms with E-state index in [1.165, 1.54) is 18.9 Å². The number of likely N-dealkylation sites (tertiary alicyclic amines) is 1. The molecular weight excluding hydrogens is 404 g/mol.